The number of carbonyl (C=O) groups is 1. The predicted octanol–water partition coefficient (Wildman–Crippen LogP) is 1.75. The van der Waals surface area contributed by atoms with Crippen LogP contribution in [0.4, 0.5) is 0 Å². The summed E-state index contributed by atoms with van der Waals surface area (Å²) < 4.78 is 1.78. The van der Waals surface area contributed by atoms with E-state index in [4.69, 9.17) is 5.11 Å². The van der Waals surface area contributed by atoms with E-state index in [1.807, 2.05) is 38.5 Å². The van der Waals surface area contributed by atoms with Gasteiger partial charge in [0.05, 0.1) is 11.3 Å². The van der Waals surface area contributed by atoms with Gasteiger partial charge in [0.15, 0.2) is 0 Å². The van der Waals surface area contributed by atoms with Gasteiger partial charge >= 0.3 is 5.97 Å². The van der Waals surface area contributed by atoms with Crippen molar-refractivity contribution in [1.29, 1.82) is 0 Å². The Hall–Kier alpha value is -2.14. The molecule has 0 aliphatic rings. The number of aromatic nitrogens is 2. The van der Waals surface area contributed by atoms with E-state index in [1.165, 1.54) is 0 Å². The topological polar surface area (TPSA) is 58.4 Å². The number of carboxylic acids is 1. The first-order valence-corrected chi connectivity index (χ1v) is 6.04. The van der Waals surface area contributed by atoms with Crippen molar-refractivity contribution in [1.82, 2.24) is 14.7 Å². The highest BCUT2D eigenvalue weighted by Gasteiger charge is 2.06. The molecule has 0 radical (unpaired) electrons. The molecule has 1 aromatic carbocycles. The summed E-state index contributed by atoms with van der Waals surface area (Å²) >= 11 is 0. The smallest absolute Gasteiger partial charge is 0.335 e. The van der Waals surface area contributed by atoms with E-state index < -0.39 is 5.97 Å². The standard InChI is InChI=1S/C14H17N3O2/c1-16(10-13-7-8-17(2)15-13)9-11-3-5-12(6-4-11)14(18)19/h3-8H,9-10H2,1-2H3,(H,18,19). The molecule has 0 fully saturated rings. The van der Waals surface area contributed by atoms with E-state index >= 15 is 0 Å². The minimum Gasteiger partial charge on any atom is -0.478 e. The number of hydrogen-bond donors (Lipinski definition) is 1. The van der Waals surface area contributed by atoms with Crippen molar-refractivity contribution in [2.45, 2.75) is 13.1 Å². The third-order valence-corrected chi connectivity index (χ3v) is 2.85. The van der Waals surface area contributed by atoms with E-state index in [0.29, 0.717) is 5.56 Å². The summed E-state index contributed by atoms with van der Waals surface area (Å²) in [4.78, 5) is 12.9. The van der Waals surface area contributed by atoms with Crippen LogP contribution in [0.25, 0.3) is 0 Å². The number of aryl methyl sites for hydroxylation is 1. The fourth-order valence-corrected chi connectivity index (χ4v) is 1.94. The minimum absolute atomic E-state index is 0.316. The number of rotatable bonds is 5. The largest absolute Gasteiger partial charge is 0.478 e. The second-order valence-electron chi connectivity index (χ2n) is 4.66. The molecule has 0 spiro atoms. The number of nitrogens with zero attached hydrogens (tertiary/aromatic N) is 3. The van der Waals surface area contributed by atoms with Crippen LogP contribution in [0, 0.1) is 0 Å². The van der Waals surface area contributed by atoms with Crippen LogP contribution in [0.1, 0.15) is 21.6 Å². The van der Waals surface area contributed by atoms with E-state index in [2.05, 4.69) is 10.00 Å². The van der Waals surface area contributed by atoms with Crippen molar-refractivity contribution in [2.75, 3.05) is 7.05 Å². The normalized spacial score (nSPS) is 10.9. The Morgan fingerprint density at radius 2 is 1.95 bits per heavy atom. The average Bonchev–Trinajstić information content (AvgIpc) is 2.75. The highest BCUT2D eigenvalue weighted by molar-refractivity contribution is 5.87. The van der Waals surface area contributed by atoms with Crippen LogP contribution in [-0.2, 0) is 20.1 Å². The highest BCUT2D eigenvalue weighted by atomic mass is 16.4. The van der Waals surface area contributed by atoms with Crippen LogP contribution in [0.2, 0.25) is 0 Å². The monoisotopic (exact) mass is 259 g/mol. The van der Waals surface area contributed by atoms with Gasteiger partial charge < -0.3 is 5.11 Å². The Labute approximate surface area is 112 Å². The number of hydrogen-bond acceptors (Lipinski definition) is 3. The average molecular weight is 259 g/mol. The first-order valence-electron chi connectivity index (χ1n) is 6.04. The molecular weight excluding hydrogens is 242 g/mol. The van der Waals surface area contributed by atoms with Gasteiger partial charge in [-0.15, -0.1) is 0 Å². The first kappa shape index (κ1) is 13.3. The molecule has 0 saturated heterocycles. The lowest BCUT2D eigenvalue weighted by molar-refractivity contribution is 0.0697. The lowest BCUT2D eigenvalue weighted by atomic mass is 10.1. The minimum atomic E-state index is -0.895. The molecule has 1 heterocycles. The molecule has 0 unspecified atom stereocenters. The van der Waals surface area contributed by atoms with Gasteiger partial charge in [0.2, 0.25) is 0 Å². The molecule has 2 rings (SSSR count). The van der Waals surface area contributed by atoms with Crippen molar-refractivity contribution in [3.8, 4) is 0 Å². The molecule has 5 nitrogen and oxygen atoms in total. The maximum atomic E-state index is 10.8. The molecule has 1 aromatic heterocycles. The number of carboxylic acid groups (broad SMARTS) is 1. The van der Waals surface area contributed by atoms with Gasteiger partial charge in [-0.25, -0.2) is 4.79 Å². The molecule has 0 saturated carbocycles. The van der Waals surface area contributed by atoms with E-state index in [0.717, 1.165) is 24.3 Å². The first-order chi connectivity index (χ1) is 9.04. The Bertz CT molecular complexity index is 560. The molecule has 100 valence electrons. The third-order valence-electron chi connectivity index (χ3n) is 2.85. The molecule has 0 aliphatic heterocycles. The maximum absolute atomic E-state index is 10.8. The third kappa shape index (κ3) is 3.66. The zero-order valence-electron chi connectivity index (χ0n) is 11.1. The van der Waals surface area contributed by atoms with Gasteiger partial charge in [0.1, 0.15) is 0 Å². The Morgan fingerprint density at radius 1 is 1.26 bits per heavy atom. The zero-order valence-corrected chi connectivity index (χ0v) is 11.1. The van der Waals surface area contributed by atoms with Crippen molar-refractivity contribution >= 4 is 5.97 Å². The van der Waals surface area contributed by atoms with Crippen LogP contribution in [0.5, 0.6) is 0 Å². The van der Waals surface area contributed by atoms with E-state index in [1.54, 1.807) is 16.8 Å². The molecule has 0 aliphatic carbocycles. The molecule has 0 amide bonds. The van der Waals surface area contributed by atoms with Crippen LogP contribution in [-0.4, -0.2) is 32.8 Å². The molecule has 0 bridgehead atoms. The van der Waals surface area contributed by atoms with Gasteiger partial charge in [-0.05, 0) is 30.8 Å². The number of aromatic carboxylic acids is 1. The van der Waals surface area contributed by atoms with Gasteiger partial charge in [-0.1, -0.05) is 12.1 Å². The lowest BCUT2D eigenvalue weighted by Gasteiger charge is -2.15. The van der Waals surface area contributed by atoms with Crippen LogP contribution in [0.15, 0.2) is 36.5 Å². The van der Waals surface area contributed by atoms with Gasteiger partial charge in [0.25, 0.3) is 0 Å². The second-order valence-corrected chi connectivity index (χ2v) is 4.66. The number of benzene rings is 1. The summed E-state index contributed by atoms with van der Waals surface area (Å²) in [5.41, 5.74) is 2.42. The van der Waals surface area contributed by atoms with Crippen molar-refractivity contribution < 1.29 is 9.90 Å². The summed E-state index contributed by atoms with van der Waals surface area (Å²) in [5, 5.41) is 13.2. The molecule has 5 heteroatoms. The molecule has 19 heavy (non-hydrogen) atoms. The predicted molar refractivity (Wildman–Crippen MR) is 71.8 cm³/mol. The quantitative estimate of drug-likeness (QED) is 0.888. The van der Waals surface area contributed by atoms with Gasteiger partial charge in [-0.3, -0.25) is 9.58 Å². The van der Waals surface area contributed by atoms with Crippen LogP contribution in [0.3, 0.4) is 0 Å². The van der Waals surface area contributed by atoms with Crippen molar-refractivity contribution in [3.63, 3.8) is 0 Å². The van der Waals surface area contributed by atoms with Crippen molar-refractivity contribution in [3.05, 3.63) is 53.3 Å². The van der Waals surface area contributed by atoms with E-state index in [-0.39, 0.29) is 0 Å². The fraction of sp³-hybridized carbons (Fsp3) is 0.286. The SMILES string of the molecule is CN(Cc1ccc(C(=O)O)cc1)Cc1ccn(C)n1. The summed E-state index contributed by atoms with van der Waals surface area (Å²) in [6, 6.07) is 8.94. The van der Waals surface area contributed by atoms with Crippen LogP contribution < -0.4 is 0 Å². The molecule has 2 aromatic rings. The van der Waals surface area contributed by atoms with Crippen molar-refractivity contribution in [2.24, 2.45) is 7.05 Å². The second kappa shape index (κ2) is 5.67. The van der Waals surface area contributed by atoms with Gasteiger partial charge in [-0.2, -0.15) is 5.10 Å². The maximum Gasteiger partial charge on any atom is 0.335 e. The Morgan fingerprint density at radius 3 is 2.47 bits per heavy atom. The van der Waals surface area contributed by atoms with E-state index in [9.17, 15) is 4.79 Å². The summed E-state index contributed by atoms with van der Waals surface area (Å²) in [6.07, 6.45) is 1.92. The molecular formula is C14H17N3O2. The molecule has 0 atom stereocenters. The zero-order chi connectivity index (χ0) is 13.8. The Balaban J connectivity index is 1.94. The summed E-state index contributed by atoms with van der Waals surface area (Å²) in [7, 11) is 3.91. The van der Waals surface area contributed by atoms with Gasteiger partial charge in [0, 0.05) is 26.3 Å². The lowest BCUT2D eigenvalue weighted by Crippen LogP contribution is -2.17. The van der Waals surface area contributed by atoms with Crippen LogP contribution >= 0.6 is 0 Å². The molecule has 1 N–H and O–H groups in total. The Kier molecular flexibility index (Phi) is 3.97. The summed E-state index contributed by atoms with van der Waals surface area (Å²) in [5.74, 6) is -0.895. The summed E-state index contributed by atoms with van der Waals surface area (Å²) in [6.45, 7) is 1.53. The fourth-order valence-electron chi connectivity index (χ4n) is 1.94. The highest BCUT2D eigenvalue weighted by Crippen LogP contribution is 2.09.